The number of hydrogen-bond acceptors (Lipinski definition) is 2. The molecule has 0 spiro atoms. The lowest BCUT2D eigenvalue weighted by atomic mass is 10.1. The van der Waals surface area contributed by atoms with Gasteiger partial charge in [0.05, 0.1) is 5.69 Å². The third kappa shape index (κ3) is 1.16. The minimum atomic E-state index is 0.765. The molecule has 1 aromatic heterocycles. The highest BCUT2D eigenvalue weighted by Gasteiger charge is 2.23. The summed E-state index contributed by atoms with van der Waals surface area (Å²) in [5.74, 6) is 0.875. The molecule has 3 rings (SSSR count). The van der Waals surface area contributed by atoms with E-state index in [0.29, 0.717) is 0 Å². The molecular formula is C11H13N3. The van der Waals surface area contributed by atoms with Crippen molar-refractivity contribution in [1.82, 2.24) is 10.2 Å². The Labute approximate surface area is 82.3 Å². The van der Waals surface area contributed by atoms with Gasteiger partial charge in [0.2, 0.25) is 0 Å². The summed E-state index contributed by atoms with van der Waals surface area (Å²) in [6.07, 6.45) is 3.85. The summed E-state index contributed by atoms with van der Waals surface area (Å²) >= 11 is 0. The number of hydrogen-bond donors (Lipinski definition) is 2. The van der Waals surface area contributed by atoms with E-state index in [0.717, 1.165) is 23.5 Å². The zero-order chi connectivity index (χ0) is 9.54. The average Bonchev–Trinajstić information content (AvgIpc) is 2.88. The van der Waals surface area contributed by atoms with Gasteiger partial charge in [-0.3, -0.25) is 5.10 Å². The summed E-state index contributed by atoms with van der Waals surface area (Å²) in [5, 5.41) is 8.54. The summed E-state index contributed by atoms with van der Waals surface area (Å²) in [5.41, 5.74) is 8.76. The van der Waals surface area contributed by atoms with E-state index in [9.17, 15) is 0 Å². The first-order valence-corrected chi connectivity index (χ1v) is 5.06. The second-order valence-corrected chi connectivity index (χ2v) is 4.09. The highest BCUT2D eigenvalue weighted by molar-refractivity contribution is 5.91. The van der Waals surface area contributed by atoms with E-state index < -0.39 is 0 Å². The van der Waals surface area contributed by atoms with Crippen molar-refractivity contribution in [3.63, 3.8) is 0 Å². The number of anilines is 1. The fourth-order valence-electron chi connectivity index (χ4n) is 1.88. The molecular weight excluding hydrogens is 174 g/mol. The Morgan fingerprint density at radius 2 is 2.29 bits per heavy atom. The van der Waals surface area contributed by atoms with Crippen LogP contribution in [0.1, 0.15) is 18.5 Å². The number of para-hydroxylation sites is 1. The number of H-pyrrole nitrogens is 1. The minimum absolute atomic E-state index is 0.765. The lowest BCUT2D eigenvalue weighted by molar-refractivity contribution is 0.801. The number of nitrogen functional groups attached to an aromatic ring is 1. The maximum atomic E-state index is 5.83. The molecule has 3 N–H and O–H groups in total. The lowest BCUT2D eigenvalue weighted by Gasteiger charge is -1.96. The molecule has 0 amide bonds. The molecule has 1 aliphatic rings. The highest BCUT2D eigenvalue weighted by atomic mass is 15.1. The predicted molar refractivity (Wildman–Crippen MR) is 56.9 cm³/mol. The van der Waals surface area contributed by atoms with Gasteiger partial charge in [-0.05, 0) is 31.2 Å². The normalized spacial score (nSPS) is 16.3. The largest absolute Gasteiger partial charge is 0.397 e. The molecule has 2 aromatic rings. The van der Waals surface area contributed by atoms with Crippen LogP contribution in [0.25, 0.3) is 10.9 Å². The fraction of sp³-hybridized carbons (Fsp3) is 0.364. The Morgan fingerprint density at radius 1 is 1.43 bits per heavy atom. The summed E-state index contributed by atoms with van der Waals surface area (Å²) in [7, 11) is 0. The van der Waals surface area contributed by atoms with Gasteiger partial charge in [-0.2, -0.15) is 5.10 Å². The van der Waals surface area contributed by atoms with Gasteiger partial charge in [-0.25, -0.2) is 0 Å². The van der Waals surface area contributed by atoms with Crippen LogP contribution in [0.3, 0.4) is 0 Å². The van der Waals surface area contributed by atoms with Crippen LogP contribution in [0.15, 0.2) is 18.2 Å². The van der Waals surface area contributed by atoms with Crippen LogP contribution in [-0.4, -0.2) is 10.2 Å². The van der Waals surface area contributed by atoms with Crippen molar-refractivity contribution in [2.24, 2.45) is 5.92 Å². The Hall–Kier alpha value is -1.51. The molecule has 14 heavy (non-hydrogen) atoms. The highest BCUT2D eigenvalue weighted by Crippen LogP contribution is 2.34. The quantitative estimate of drug-likeness (QED) is 0.707. The van der Waals surface area contributed by atoms with Crippen LogP contribution in [0, 0.1) is 5.92 Å². The molecule has 1 aromatic carbocycles. The second kappa shape index (κ2) is 2.74. The molecule has 1 aliphatic carbocycles. The van der Waals surface area contributed by atoms with Crippen molar-refractivity contribution >= 4 is 16.6 Å². The van der Waals surface area contributed by atoms with E-state index in [1.807, 2.05) is 12.1 Å². The number of aromatic nitrogens is 2. The van der Waals surface area contributed by atoms with E-state index in [-0.39, 0.29) is 0 Å². The van der Waals surface area contributed by atoms with Gasteiger partial charge in [0.15, 0.2) is 0 Å². The lowest BCUT2D eigenvalue weighted by Crippen LogP contribution is -1.88. The summed E-state index contributed by atoms with van der Waals surface area (Å²) in [4.78, 5) is 0. The van der Waals surface area contributed by atoms with Gasteiger partial charge >= 0.3 is 0 Å². The summed E-state index contributed by atoms with van der Waals surface area (Å²) in [6.45, 7) is 0. The van der Waals surface area contributed by atoms with E-state index in [1.165, 1.54) is 23.9 Å². The van der Waals surface area contributed by atoms with Crippen LogP contribution in [0.2, 0.25) is 0 Å². The third-order valence-electron chi connectivity index (χ3n) is 2.88. The second-order valence-electron chi connectivity index (χ2n) is 4.09. The molecule has 3 heteroatoms. The topological polar surface area (TPSA) is 54.7 Å². The molecule has 3 nitrogen and oxygen atoms in total. The standard InChI is InChI=1S/C11H13N3/c12-9-3-1-2-8-10(6-7-4-5-7)13-14-11(8)9/h1-3,7H,4-6,12H2,(H,13,14). The van der Waals surface area contributed by atoms with Gasteiger partial charge in [0.1, 0.15) is 5.52 Å². The van der Waals surface area contributed by atoms with Crippen LogP contribution in [-0.2, 0) is 6.42 Å². The minimum Gasteiger partial charge on any atom is -0.397 e. The van der Waals surface area contributed by atoms with Gasteiger partial charge < -0.3 is 5.73 Å². The van der Waals surface area contributed by atoms with Crippen molar-refractivity contribution in [3.8, 4) is 0 Å². The Bertz CT molecular complexity index is 468. The van der Waals surface area contributed by atoms with E-state index in [2.05, 4.69) is 16.3 Å². The molecule has 72 valence electrons. The molecule has 0 radical (unpaired) electrons. The fourth-order valence-corrected chi connectivity index (χ4v) is 1.88. The summed E-state index contributed by atoms with van der Waals surface area (Å²) in [6, 6.07) is 5.97. The molecule has 0 unspecified atom stereocenters. The van der Waals surface area contributed by atoms with Crippen LogP contribution >= 0.6 is 0 Å². The van der Waals surface area contributed by atoms with Crippen LogP contribution in [0.5, 0.6) is 0 Å². The van der Waals surface area contributed by atoms with E-state index in [1.54, 1.807) is 0 Å². The van der Waals surface area contributed by atoms with Crippen molar-refractivity contribution in [2.45, 2.75) is 19.3 Å². The molecule has 0 bridgehead atoms. The number of nitrogens with one attached hydrogen (secondary N) is 1. The molecule has 0 saturated heterocycles. The molecule has 1 fully saturated rings. The molecule has 1 heterocycles. The maximum Gasteiger partial charge on any atom is 0.115 e. The van der Waals surface area contributed by atoms with E-state index in [4.69, 9.17) is 5.73 Å². The van der Waals surface area contributed by atoms with Crippen LogP contribution < -0.4 is 5.73 Å². The molecule has 0 atom stereocenters. The summed E-state index contributed by atoms with van der Waals surface area (Å²) < 4.78 is 0. The van der Waals surface area contributed by atoms with Gasteiger partial charge in [-0.15, -0.1) is 0 Å². The number of nitrogens with two attached hydrogens (primary N) is 1. The Balaban J connectivity index is 2.10. The van der Waals surface area contributed by atoms with Gasteiger partial charge in [0.25, 0.3) is 0 Å². The zero-order valence-corrected chi connectivity index (χ0v) is 7.96. The Kier molecular flexibility index (Phi) is 1.54. The monoisotopic (exact) mass is 187 g/mol. The van der Waals surface area contributed by atoms with Crippen molar-refractivity contribution < 1.29 is 0 Å². The molecule has 0 aliphatic heterocycles. The van der Waals surface area contributed by atoms with Crippen LogP contribution in [0.4, 0.5) is 5.69 Å². The SMILES string of the molecule is Nc1cccc2c(CC3CC3)[nH]nc12. The van der Waals surface area contributed by atoms with Gasteiger partial charge in [-0.1, -0.05) is 12.1 Å². The van der Waals surface area contributed by atoms with Gasteiger partial charge in [0, 0.05) is 11.1 Å². The number of aromatic amines is 1. The zero-order valence-electron chi connectivity index (χ0n) is 7.96. The first-order valence-electron chi connectivity index (χ1n) is 5.06. The van der Waals surface area contributed by atoms with Crippen molar-refractivity contribution in [1.29, 1.82) is 0 Å². The predicted octanol–water partition coefficient (Wildman–Crippen LogP) is 2.10. The van der Waals surface area contributed by atoms with Crippen molar-refractivity contribution in [2.75, 3.05) is 5.73 Å². The first-order chi connectivity index (χ1) is 6.84. The van der Waals surface area contributed by atoms with Crippen molar-refractivity contribution in [3.05, 3.63) is 23.9 Å². The number of benzene rings is 1. The third-order valence-corrected chi connectivity index (χ3v) is 2.88. The number of fused-ring (bicyclic) bond motifs is 1. The molecule has 1 saturated carbocycles. The number of rotatable bonds is 2. The number of nitrogens with zero attached hydrogens (tertiary/aromatic N) is 1. The Morgan fingerprint density at radius 3 is 3.07 bits per heavy atom. The maximum absolute atomic E-state index is 5.83. The van der Waals surface area contributed by atoms with E-state index >= 15 is 0 Å². The first kappa shape index (κ1) is 7.85. The smallest absolute Gasteiger partial charge is 0.115 e. The average molecular weight is 187 g/mol.